The van der Waals surface area contributed by atoms with Crippen LogP contribution in [0.1, 0.15) is 11.4 Å². The van der Waals surface area contributed by atoms with Gasteiger partial charge < -0.3 is 15.0 Å². The lowest BCUT2D eigenvalue weighted by Gasteiger charge is -2.16. The molecule has 1 saturated heterocycles. The van der Waals surface area contributed by atoms with Crippen LogP contribution < -0.4 is 10.2 Å². The topological polar surface area (TPSA) is 85.2 Å². The summed E-state index contributed by atoms with van der Waals surface area (Å²) in [5, 5.41) is 7.34. The molecular weight excluding hydrogens is 320 g/mol. The molecule has 8 heteroatoms. The molecule has 0 bridgehead atoms. The van der Waals surface area contributed by atoms with Crippen molar-refractivity contribution in [1.82, 2.24) is 25.1 Å². The molecule has 134 valence electrons. The van der Waals surface area contributed by atoms with E-state index in [2.05, 4.69) is 20.4 Å². The van der Waals surface area contributed by atoms with Gasteiger partial charge in [0.1, 0.15) is 0 Å². The van der Waals surface area contributed by atoms with Gasteiger partial charge in [-0.3, -0.25) is 9.48 Å². The fraction of sp³-hybridized carbons (Fsp3) is 0.529. The van der Waals surface area contributed by atoms with E-state index in [1.807, 2.05) is 24.9 Å². The van der Waals surface area contributed by atoms with Crippen molar-refractivity contribution in [2.75, 3.05) is 31.7 Å². The molecule has 0 aliphatic carbocycles. The number of hydrogen-bond acceptors (Lipinski definition) is 6. The molecule has 1 amide bonds. The minimum atomic E-state index is -0.155. The molecule has 0 aromatic carbocycles. The number of anilines is 1. The summed E-state index contributed by atoms with van der Waals surface area (Å²) < 4.78 is 7.11. The van der Waals surface area contributed by atoms with E-state index in [9.17, 15) is 4.79 Å². The van der Waals surface area contributed by atoms with Gasteiger partial charge in [0.15, 0.2) is 0 Å². The molecule has 0 radical (unpaired) electrons. The number of aryl methyl sites for hydroxylation is 2. The van der Waals surface area contributed by atoms with Crippen molar-refractivity contribution in [3.63, 3.8) is 0 Å². The van der Waals surface area contributed by atoms with Crippen LogP contribution in [0.2, 0.25) is 0 Å². The van der Waals surface area contributed by atoms with Crippen LogP contribution in [0.15, 0.2) is 24.5 Å². The molecule has 2 aromatic rings. The lowest BCUT2D eigenvalue weighted by molar-refractivity contribution is -0.126. The first-order chi connectivity index (χ1) is 12.1. The van der Waals surface area contributed by atoms with Gasteiger partial charge in [0, 0.05) is 45.6 Å². The van der Waals surface area contributed by atoms with Crippen LogP contribution in [0.5, 0.6) is 0 Å². The first-order valence-electron chi connectivity index (χ1n) is 8.36. The number of carbonyl (C=O) groups is 1. The molecular formula is C17H24N6O2. The van der Waals surface area contributed by atoms with E-state index in [1.54, 1.807) is 30.3 Å². The second-order valence-electron chi connectivity index (χ2n) is 6.39. The smallest absolute Gasteiger partial charge is 0.225 e. The van der Waals surface area contributed by atoms with Crippen molar-refractivity contribution in [1.29, 1.82) is 0 Å². The molecule has 1 aliphatic heterocycles. The maximum Gasteiger partial charge on any atom is 0.225 e. The zero-order valence-corrected chi connectivity index (χ0v) is 14.8. The summed E-state index contributed by atoms with van der Waals surface area (Å²) in [7, 11) is 3.54. The highest BCUT2D eigenvalue weighted by atomic mass is 16.5. The van der Waals surface area contributed by atoms with E-state index in [0.717, 1.165) is 11.4 Å². The average molecular weight is 344 g/mol. The Hall–Kier alpha value is -2.48. The SMILES string of the molecule is COC[C@@H]1CN(c2ncccn2)C[C@H]1C(=O)NCc1cc(C)nn1C. The van der Waals surface area contributed by atoms with Crippen LogP contribution in [0, 0.1) is 18.8 Å². The van der Waals surface area contributed by atoms with Gasteiger partial charge >= 0.3 is 0 Å². The molecule has 25 heavy (non-hydrogen) atoms. The number of carbonyl (C=O) groups excluding carboxylic acids is 1. The number of ether oxygens (including phenoxy) is 1. The van der Waals surface area contributed by atoms with Crippen molar-refractivity contribution >= 4 is 11.9 Å². The molecule has 1 fully saturated rings. The molecule has 3 heterocycles. The Morgan fingerprint density at radius 1 is 1.36 bits per heavy atom. The van der Waals surface area contributed by atoms with Gasteiger partial charge in [0.2, 0.25) is 11.9 Å². The first-order valence-corrected chi connectivity index (χ1v) is 8.36. The minimum absolute atomic E-state index is 0.0272. The fourth-order valence-electron chi connectivity index (χ4n) is 3.31. The maximum atomic E-state index is 12.7. The van der Waals surface area contributed by atoms with Crippen LogP contribution in [0.4, 0.5) is 5.95 Å². The number of aromatic nitrogens is 4. The van der Waals surface area contributed by atoms with E-state index in [1.165, 1.54) is 0 Å². The molecule has 2 aromatic heterocycles. The minimum Gasteiger partial charge on any atom is -0.384 e. The van der Waals surface area contributed by atoms with Crippen LogP contribution in [0.25, 0.3) is 0 Å². The number of rotatable bonds is 6. The molecule has 3 rings (SSSR count). The van der Waals surface area contributed by atoms with Gasteiger partial charge in [-0.05, 0) is 19.1 Å². The summed E-state index contributed by atoms with van der Waals surface area (Å²) in [6, 6.07) is 3.76. The van der Waals surface area contributed by atoms with Gasteiger partial charge in [0.25, 0.3) is 0 Å². The molecule has 1 aliphatic rings. The summed E-state index contributed by atoms with van der Waals surface area (Å²) >= 11 is 0. The Morgan fingerprint density at radius 2 is 2.12 bits per heavy atom. The maximum absolute atomic E-state index is 12.7. The summed E-state index contributed by atoms with van der Waals surface area (Å²) in [6.07, 6.45) is 3.43. The fourth-order valence-corrected chi connectivity index (χ4v) is 3.31. The number of methoxy groups -OCH3 is 1. The highest BCUT2D eigenvalue weighted by Crippen LogP contribution is 2.26. The average Bonchev–Trinajstić information content (AvgIpc) is 3.17. The Kier molecular flexibility index (Phi) is 5.28. The zero-order valence-electron chi connectivity index (χ0n) is 14.8. The van der Waals surface area contributed by atoms with Gasteiger partial charge in [-0.2, -0.15) is 5.10 Å². The molecule has 0 saturated carbocycles. The normalized spacial score (nSPS) is 20.0. The molecule has 8 nitrogen and oxygen atoms in total. The molecule has 0 unspecified atom stereocenters. The lowest BCUT2D eigenvalue weighted by Crippen LogP contribution is -2.36. The van der Waals surface area contributed by atoms with E-state index in [0.29, 0.717) is 32.2 Å². The van der Waals surface area contributed by atoms with E-state index < -0.39 is 0 Å². The highest BCUT2D eigenvalue weighted by Gasteiger charge is 2.38. The predicted octanol–water partition coefficient (Wildman–Crippen LogP) is 0.534. The van der Waals surface area contributed by atoms with Crippen molar-refractivity contribution in [2.45, 2.75) is 13.5 Å². The van der Waals surface area contributed by atoms with Gasteiger partial charge in [-0.25, -0.2) is 9.97 Å². The zero-order chi connectivity index (χ0) is 17.8. The number of hydrogen-bond donors (Lipinski definition) is 1. The summed E-state index contributed by atoms with van der Waals surface area (Å²) in [5.41, 5.74) is 1.92. The molecule has 1 N–H and O–H groups in total. The number of nitrogens with zero attached hydrogens (tertiary/aromatic N) is 5. The van der Waals surface area contributed by atoms with Crippen molar-refractivity contribution < 1.29 is 9.53 Å². The van der Waals surface area contributed by atoms with E-state index >= 15 is 0 Å². The summed E-state index contributed by atoms with van der Waals surface area (Å²) in [5.74, 6) is 0.639. The van der Waals surface area contributed by atoms with Gasteiger partial charge in [0.05, 0.1) is 30.5 Å². The van der Waals surface area contributed by atoms with Crippen LogP contribution in [-0.4, -0.2) is 52.5 Å². The standard InChI is InChI=1S/C17H24N6O2/c1-12-7-14(22(2)21-12)8-20-16(24)15-10-23(9-13(15)11-25-3)17-18-5-4-6-19-17/h4-7,13,15H,8-11H2,1-3H3,(H,20,24)/t13-,15+/m0/s1. The first kappa shape index (κ1) is 17.3. The second-order valence-corrected chi connectivity index (χ2v) is 6.39. The van der Waals surface area contributed by atoms with Gasteiger partial charge in [-0.15, -0.1) is 0 Å². The Labute approximate surface area is 147 Å². The molecule has 2 atom stereocenters. The van der Waals surface area contributed by atoms with Crippen LogP contribution >= 0.6 is 0 Å². The van der Waals surface area contributed by atoms with Crippen LogP contribution in [-0.2, 0) is 23.1 Å². The lowest BCUT2D eigenvalue weighted by atomic mass is 9.96. The third-order valence-electron chi connectivity index (χ3n) is 4.54. The third-order valence-corrected chi connectivity index (χ3v) is 4.54. The Balaban J connectivity index is 1.66. The third kappa shape index (κ3) is 3.96. The van der Waals surface area contributed by atoms with Crippen LogP contribution in [0.3, 0.4) is 0 Å². The quantitative estimate of drug-likeness (QED) is 0.823. The summed E-state index contributed by atoms with van der Waals surface area (Å²) in [4.78, 5) is 23.4. The van der Waals surface area contributed by atoms with Crippen molar-refractivity contribution in [3.8, 4) is 0 Å². The van der Waals surface area contributed by atoms with Gasteiger partial charge in [-0.1, -0.05) is 0 Å². The highest BCUT2D eigenvalue weighted by molar-refractivity contribution is 5.80. The Morgan fingerprint density at radius 3 is 2.76 bits per heavy atom. The number of amides is 1. The second kappa shape index (κ2) is 7.60. The van der Waals surface area contributed by atoms with E-state index in [-0.39, 0.29) is 17.7 Å². The molecule has 0 spiro atoms. The predicted molar refractivity (Wildman–Crippen MR) is 92.9 cm³/mol. The summed E-state index contributed by atoms with van der Waals surface area (Å²) in [6.45, 7) is 4.24. The monoisotopic (exact) mass is 344 g/mol. The van der Waals surface area contributed by atoms with Crippen molar-refractivity contribution in [3.05, 3.63) is 35.9 Å². The largest absolute Gasteiger partial charge is 0.384 e. The van der Waals surface area contributed by atoms with E-state index in [4.69, 9.17) is 4.74 Å². The van der Waals surface area contributed by atoms with Crippen molar-refractivity contribution in [2.24, 2.45) is 18.9 Å². The Bertz CT molecular complexity index is 717. The number of nitrogens with one attached hydrogen (secondary N) is 1.